The van der Waals surface area contributed by atoms with Crippen LogP contribution < -0.4 is 5.32 Å². The number of nitrogens with one attached hydrogen (secondary N) is 1. The fourth-order valence-corrected chi connectivity index (χ4v) is 3.29. The van der Waals surface area contributed by atoms with E-state index in [2.05, 4.69) is 12.4 Å². The lowest BCUT2D eigenvalue weighted by atomic mass is 9.94. The normalized spacial score (nSPS) is 28.7. The highest BCUT2D eigenvalue weighted by molar-refractivity contribution is 4.76. The van der Waals surface area contributed by atoms with Crippen LogP contribution in [0.4, 0.5) is 0 Å². The van der Waals surface area contributed by atoms with Crippen LogP contribution in [0.3, 0.4) is 0 Å². The Kier molecular flexibility index (Phi) is 5.11. The summed E-state index contributed by atoms with van der Waals surface area (Å²) in [7, 11) is 2.12. The van der Waals surface area contributed by atoms with Crippen molar-refractivity contribution in [1.82, 2.24) is 5.32 Å². The van der Waals surface area contributed by atoms with Gasteiger partial charge in [-0.3, -0.25) is 0 Å². The van der Waals surface area contributed by atoms with E-state index in [1.54, 1.807) is 0 Å². The van der Waals surface area contributed by atoms with Crippen LogP contribution in [-0.2, 0) is 4.74 Å². The maximum atomic E-state index is 5.69. The standard InChI is InChI=1S/C14H27NO/c1-15-13(11-12-5-2-3-6-12)8-9-14-7-4-10-16-14/h12-15H,2-11H2,1H3. The van der Waals surface area contributed by atoms with E-state index >= 15 is 0 Å². The van der Waals surface area contributed by atoms with Crippen LogP contribution in [0.25, 0.3) is 0 Å². The molecule has 2 fully saturated rings. The molecule has 1 aliphatic carbocycles. The Balaban J connectivity index is 1.63. The molecule has 1 saturated heterocycles. The Labute approximate surface area is 100 Å². The van der Waals surface area contributed by atoms with Crippen molar-refractivity contribution in [1.29, 1.82) is 0 Å². The second-order valence-corrected chi connectivity index (χ2v) is 5.58. The Bertz CT molecular complexity index is 183. The van der Waals surface area contributed by atoms with Gasteiger partial charge >= 0.3 is 0 Å². The molecule has 1 N–H and O–H groups in total. The third kappa shape index (κ3) is 3.74. The van der Waals surface area contributed by atoms with Gasteiger partial charge < -0.3 is 10.1 Å². The van der Waals surface area contributed by atoms with Crippen molar-refractivity contribution in [3.05, 3.63) is 0 Å². The highest BCUT2D eigenvalue weighted by Gasteiger charge is 2.21. The smallest absolute Gasteiger partial charge is 0.0576 e. The fourth-order valence-electron chi connectivity index (χ4n) is 3.29. The lowest BCUT2D eigenvalue weighted by Crippen LogP contribution is -2.28. The molecule has 0 spiro atoms. The molecular weight excluding hydrogens is 198 g/mol. The molecule has 0 radical (unpaired) electrons. The zero-order valence-electron chi connectivity index (χ0n) is 10.7. The topological polar surface area (TPSA) is 21.3 Å². The van der Waals surface area contributed by atoms with Crippen LogP contribution in [0.15, 0.2) is 0 Å². The fraction of sp³-hybridized carbons (Fsp3) is 1.00. The molecule has 2 nitrogen and oxygen atoms in total. The lowest BCUT2D eigenvalue weighted by molar-refractivity contribution is 0.0989. The molecule has 0 bridgehead atoms. The molecule has 0 aromatic heterocycles. The molecule has 2 unspecified atom stereocenters. The molecule has 0 amide bonds. The van der Waals surface area contributed by atoms with Gasteiger partial charge in [0.05, 0.1) is 6.10 Å². The van der Waals surface area contributed by atoms with Crippen molar-refractivity contribution in [3.8, 4) is 0 Å². The van der Waals surface area contributed by atoms with Crippen LogP contribution in [0.5, 0.6) is 0 Å². The molecule has 0 aromatic carbocycles. The molecule has 1 saturated carbocycles. The van der Waals surface area contributed by atoms with Crippen LogP contribution in [0.1, 0.15) is 57.8 Å². The quantitative estimate of drug-likeness (QED) is 0.750. The van der Waals surface area contributed by atoms with Crippen molar-refractivity contribution in [3.63, 3.8) is 0 Å². The molecular formula is C14H27NO. The molecule has 2 aliphatic rings. The SMILES string of the molecule is CNC(CCC1CCCO1)CC1CCCC1. The van der Waals surface area contributed by atoms with Gasteiger partial charge in [-0.25, -0.2) is 0 Å². The Morgan fingerprint density at radius 2 is 2.00 bits per heavy atom. The molecule has 2 heteroatoms. The van der Waals surface area contributed by atoms with E-state index in [0.29, 0.717) is 6.10 Å². The monoisotopic (exact) mass is 225 g/mol. The molecule has 94 valence electrons. The van der Waals surface area contributed by atoms with E-state index in [-0.39, 0.29) is 0 Å². The second kappa shape index (κ2) is 6.61. The van der Waals surface area contributed by atoms with Crippen molar-refractivity contribution in [2.24, 2.45) is 5.92 Å². The number of hydrogen-bond acceptors (Lipinski definition) is 2. The van der Waals surface area contributed by atoms with Gasteiger partial charge in [0.15, 0.2) is 0 Å². The Morgan fingerprint density at radius 1 is 1.19 bits per heavy atom. The molecule has 2 atom stereocenters. The number of hydrogen-bond donors (Lipinski definition) is 1. The summed E-state index contributed by atoms with van der Waals surface area (Å²) in [5.41, 5.74) is 0. The first kappa shape index (κ1) is 12.4. The Hall–Kier alpha value is -0.0800. The van der Waals surface area contributed by atoms with Crippen LogP contribution >= 0.6 is 0 Å². The zero-order chi connectivity index (χ0) is 11.2. The maximum absolute atomic E-state index is 5.69. The van der Waals surface area contributed by atoms with E-state index in [1.165, 1.54) is 57.8 Å². The van der Waals surface area contributed by atoms with Gasteiger partial charge in [0.1, 0.15) is 0 Å². The minimum Gasteiger partial charge on any atom is -0.378 e. The lowest BCUT2D eigenvalue weighted by Gasteiger charge is -2.21. The molecule has 1 heterocycles. The summed E-state index contributed by atoms with van der Waals surface area (Å²) in [6.45, 7) is 0.998. The highest BCUT2D eigenvalue weighted by Crippen LogP contribution is 2.30. The first-order valence-electron chi connectivity index (χ1n) is 7.17. The van der Waals surface area contributed by atoms with Crippen molar-refractivity contribution < 1.29 is 4.74 Å². The highest BCUT2D eigenvalue weighted by atomic mass is 16.5. The van der Waals surface area contributed by atoms with Gasteiger partial charge in [0.2, 0.25) is 0 Å². The van der Waals surface area contributed by atoms with E-state index in [1.807, 2.05) is 0 Å². The van der Waals surface area contributed by atoms with Gasteiger partial charge in [0, 0.05) is 12.6 Å². The molecule has 16 heavy (non-hydrogen) atoms. The third-order valence-corrected chi connectivity index (χ3v) is 4.36. The summed E-state index contributed by atoms with van der Waals surface area (Å²) in [6, 6.07) is 0.729. The average molecular weight is 225 g/mol. The maximum Gasteiger partial charge on any atom is 0.0576 e. The summed E-state index contributed by atoms with van der Waals surface area (Å²) in [5, 5.41) is 3.50. The van der Waals surface area contributed by atoms with Crippen molar-refractivity contribution in [2.45, 2.75) is 69.9 Å². The molecule has 0 aromatic rings. The molecule has 1 aliphatic heterocycles. The zero-order valence-corrected chi connectivity index (χ0v) is 10.7. The van der Waals surface area contributed by atoms with Gasteiger partial charge in [-0.05, 0) is 45.1 Å². The van der Waals surface area contributed by atoms with E-state index in [4.69, 9.17) is 4.74 Å². The van der Waals surface area contributed by atoms with Gasteiger partial charge in [-0.1, -0.05) is 25.7 Å². The summed E-state index contributed by atoms with van der Waals surface area (Å²) < 4.78 is 5.69. The number of rotatable bonds is 6. The average Bonchev–Trinajstić information content (AvgIpc) is 2.97. The first-order valence-corrected chi connectivity index (χ1v) is 7.17. The second-order valence-electron chi connectivity index (χ2n) is 5.58. The van der Waals surface area contributed by atoms with Gasteiger partial charge in [-0.2, -0.15) is 0 Å². The number of ether oxygens (including phenoxy) is 1. The van der Waals surface area contributed by atoms with E-state index in [9.17, 15) is 0 Å². The summed E-state index contributed by atoms with van der Waals surface area (Å²) in [4.78, 5) is 0. The minimum atomic E-state index is 0.569. The first-order chi connectivity index (χ1) is 7.88. The van der Waals surface area contributed by atoms with E-state index < -0.39 is 0 Å². The van der Waals surface area contributed by atoms with Crippen LogP contribution in [0.2, 0.25) is 0 Å². The Morgan fingerprint density at radius 3 is 2.62 bits per heavy atom. The summed E-state index contributed by atoms with van der Waals surface area (Å²) in [5.74, 6) is 1.00. The van der Waals surface area contributed by atoms with Crippen LogP contribution in [-0.4, -0.2) is 25.8 Å². The predicted molar refractivity (Wildman–Crippen MR) is 67.6 cm³/mol. The summed E-state index contributed by atoms with van der Waals surface area (Å²) >= 11 is 0. The largest absolute Gasteiger partial charge is 0.378 e. The van der Waals surface area contributed by atoms with E-state index in [0.717, 1.165) is 18.6 Å². The minimum absolute atomic E-state index is 0.569. The third-order valence-electron chi connectivity index (χ3n) is 4.36. The van der Waals surface area contributed by atoms with Crippen molar-refractivity contribution >= 4 is 0 Å². The van der Waals surface area contributed by atoms with Gasteiger partial charge in [0.25, 0.3) is 0 Å². The van der Waals surface area contributed by atoms with Crippen molar-refractivity contribution in [2.75, 3.05) is 13.7 Å². The van der Waals surface area contributed by atoms with Gasteiger partial charge in [-0.15, -0.1) is 0 Å². The van der Waals surface area contributed by atoms with Crippen LogP contribution in [0, 0.1) is 5.92 Å². The predicted octanol–water partition coefficient (Wildman–Crippen LogP) is 3.11. The summed E-state index contributed by atoms with van der Waals surface area (Å²) in [6.07, 6.45) is 13.0. The molecule has 2 rings (SSSR count).